The van der Waals surface area contributed by atoms with Crippen molar-refractivity contribution in [3.05, 3.63) is 131 Å². The van der Waals surface area contributed by atoms with Crippen LogP contribution in [0, 0.1) is 22.9 Å². The van der Waals surface area contributed by atoms with Crippen molar-refractivity contribution in [2.45, 2.75) is 33.1 Å². The van der Waals surface area contributed by atoms with Crippen LogP contribution >= 0.6 is 0 Å². The number of carbonyl (C=O) groups is 2. The number of amides is 2. The normalized spacial score (nSPS) is 12.6. The Morgan fingerprint density at radius 3 is 2.11 bits per heavy atom. The number of hydrogen-bond acceptors (Lipinski definition) is 4. The second-order valence-electron chi connectivity index (χ2n) is 12.2. The minimum Gasteiger partial charge on any atom is -0.351 e. The molecule has 1 unspecified atom stereocenters. The largest absolute Gasteiger partial charge is 0.351 e. The van der Waals surface area contributed by atoms with Gasteiger partial charge in [-0.15, -0.1) is 0 Å². The molecule has 4 aromatic carbocycles. The Balaban J connectivity index is 1.58. The minimum atomic E-state index is -4.23. The van der Waals surface area contributed by atoms with Crippen LogP contribution in [-0.2, 0) is 21.3 Å². The molecule has 2 amide bonds. The summed E-state index contributed by atoms with van der Waals surface area (Å²) in [4.78, 5) is 26.1. The van der Waals surface area contributed by atoms with E-state index in [0.29, 0.717) is 11.1 Å². The molecule has 0 saturated heterocycles. The molecule has 0 fully saturated rings. The van der Waals surface area contributed by atoms with E-state index < -0.39 is 51.1 Å². The zero-order valence-corrected chi connectivity index (χ0v) is 26.9. The minimum absolute atomic E-state index is 0.0354. The van der Waals surface area contributed by atoms with Gasteiger partial charge in [-0.3, -0.25) is 14.1 Å². The zero-order valence-electron chi connectivity index (χ0n) is 26.1. The van der Waals surface area contributed by atoms with Gasteiger partial charge in [-0.05, 0) is 64.4 Å². The Bertz CT molecular complexity index is 1870. The van der Waals surface area contributed by atoms with Gasteiger partial charge in [-0.2, -0.15) is 8.42 Å². The fourth-order valence-corrected chi connectivity index (χ4v) is 5.04. The summed E-state index contributed by atoms with van der Waals surface area (Å²) in [6.07, 6.45) is 4.17. The zero-order chi connectivity index (χ0) is 34.4. The van der Waals surface area contributed by atoms with Crippen molar-refractivity contribution in [2.75, 3.05) is 17.6 Å². The topological polar surface area (TPSA) is 113 Å². The van der Waals surface area contributed by atoms with E-state index in [0.717, 1.165) is 29.8 Å². The van der Waals surface area contributed by atoms with E-state index in [9.17, 15) is 22.4 Å². The van der Waals surface area contributed by atoms with Gasteiger partial charge in [0, 0.05) is 23.7 Å². The molecule has 0 aliphatic heterocycles. The van der Waals surface area contributed by atoms with Crippen LogP contribution in [0.5, 0.6) is 0 Å². The van der Waals surface area contributed by atoms with Crippen LogP contribution in [-0.4, -0.2) is 37.1 Å². The molecule has 0 heterocycles. The summed E-state index contributed by atoms with van der Waals surface area (Å²) in [5, 5.41) is 4.93. The average Bonchev–Trinajstić information content (AvgIpc) is 3.00. The third kappa shape index (κ3) is 10.4. The standard InChI is InChI=1S/C36H35F3N2O5S/c1-36(2,3)17-16-23-4-8-26(9-5-23)30(20-24-6-10-27(11-7-24)34(42)40-18-19-47(44,45)46)35(43)41-33-22-31(38)29(21-32(33)39)25-12-14-28(37)15-13-25/h4-17,21-22,30H,18-20H2,1-3H3,(H,40,42)(H,41,43)(H,44,45,46). The van der Waals surface area contributed by atoms with E-state index in [2.05, 4.69) is 37.5 Å². The molecule has 0 aliphatic carbocycles. The Kier molecular flexibility index (Phi) is 11.0. The Labute approximate surface area is 272 Å². The number of nitrogens with one attached hydrogen (secondary N) is 2. The summed E-state index contributed by atoms with van der Waals surface area (Å²) >= 11 is 0. The average molecular weight is 665 g/mol. The first-order chi connectivity index (χ1) is 22.1. The van der Waals surface area contributed by atoms with Gasteiger partial charge in [0.25, 0.3) is 16.0 Å². The molecule has 11 heteroatoms. The van der Waals surface area contributed by atoms with Crippen LogP contribution in [0.2, 0.25) is 0 Å². The highest BCUT2D eigenvalue weighted by Crippen LogP contribution is 2.30. The molecule has 0 spiro atoms. The summed E-state index contributed by atoms with van der Waals surface area (Å²) < 4.78 is 74.3. The molecule has 0 radical (unpaired) electrons. The van der Waals surface area contributed by atoms with Gasteiger partial charge in [0.1, 0.15) is 17.5 Å². The molecule has 0 bridgehead atoms. The quantitative estimate of drug-likeness (QED) is 0.145. The number of allylic oxidation sites excluding steroid dienone is 1. The molecule has 4 aromatic rings. The van der Waals surface area contributed by atoms with E-state index in [1.807, 2.05) is 18.2 Å². The molecular formula is C36H35F3N2O5S. The fraction of sp³-hybridized carbons (Fsp3) is 0.222. The molecule has 0 aliphatic rings. The predicted molar refractivity (Wildman–Crippen MR) is 177 cm³/mol. The number of carbonyl (C=O) groups excluding carboxylic acids is 2. The van der Waals surface area contributed by atoms with Gasteiger partial charge >= 0.3 is 0 Å². The summed E-state index contributed by atoms with van der Waals surface area (Å²) in [5.74, 6) is -4.80. The number of rotatable bonds is 11. The smallest absolute Gasteiger partial charge is 0.266 e. The summed E-state index contributed by atoms with van der Waals surface area (Å²) in [6, 6.07) is 20.4. The predicted octanol–water partition coefficient (Wildman–Crippen LogP) is 7.41. The van der Waals surface area contributed by atoms with E-state index in [1.165, 1.54) is 24.3 Å². The lowest BCUT2D eigenvalue weighted by Gasteiger charge is -2.19. The first kappa shape index (κ1) is 35.1. The highest BCUT2D eigenvalue weighted by Gasteiger charge is 2.24. The summed E-state index contributed by atoms with van der Waals surface area (Å²) in [7, 11) is -4.23. The molecular weight excluding hydrogens is 629 g/mol. The first-order valence-corrected chi connectivity index (χ1v) is 16.4. The van der Waals surface area contributed by atoms with Crippen LogP contribution in [0.4, 0.5) is 18.9 Å². The lowest BCUT2D eigenvalue weighted by molar-refractivity contribution is -0.117. The lowest BCUT2D eigenvalue weighted by Crippen LogP contribution is -2.28. The maximum Gasteiger partial charge on any atom is 0.266 e. The fourth-order valence-electron chi connectivity index (χ4n) is 4.68. The van der Waals surface area contributed by atoms with Gasteiger partial charge in [0.15, 0.2) is 0 Å². The maximum absolute atomic E-state index is 15.2. The Morgan fingerprint density at radius 2 is 1.51 bits per heavy atom. The van der Waals surface area contributed by atoms with Gasteiger partial charge in [-0.1, -0.05) is 81.5 Å². The number of hydrogen-bond donors (Lipinski definition) is 3. The van der Waals surface area contributed by atoms with Crippen molar-refractivity contribution >= 4 is 33.7 Å². The monoisotopic (exact) mass is 664 g/mol. The van der Waals surface area contributed by atoms with Crippen molar-refractivity contribution in [3.8, 4) is 11.1 Å². The molecule has 246 valence electrons. The third-order valence-corrected chi connectivity index (χ3v) is 7.92. The number of benzene rings is 4. The lowest BCUT2D eigenvalue weighted by atomic mass is 9.89. The van der Waals surface area contributed by atoms with E-state index in [1.54, 1.807) is 24.3 Å². The third-order valence-electron chi connectivity index (χ3n) is 7.20. The highest BCUT2D eigenvalue weighted by molar-refractivity contribution is 7.85. The van der Waals surface area contributed by atoms with Gasteiger partial charge in [-0.25, -0.2) is 13.2 Å². The van der Waals surface area contributed by atoms with E-state index in [4.69, 9.17) is 4.55 Å². The van der Waals surface area contributed by atoms with Crippen LogP contribution < -0.4 is 10.6 Å². The van der Waals surface area contributed by atoms with Gasteiger partial charge < -0.3 is 10.6 Å². The molecule has 0 aromatic heterocycles. The van der Waals surface area contributed by atoms with Crippen LogP contribution in [0.25, 0.3) is 17.2 Å². The molecule has 3 N–H and O–H groups in total. The summed E-state index contributed by atoms with van der Waals surface area (Å²) in [6.45, 7) is 5.94. The second kappa shape index (κ2) is 14.8. The second-order valence-corrected chi connectivity index (χ2v) is 13.7. The molecule has 4 rings (SSSR count). The summed E-state index contributed by atoms with van der Waals surface area (Å²) in [5.41, 5.74) is 2.22. The SMILES string of the molecule is CC(C)(C)C=Cc1ccc(C(Cc2ccc(C(=O)NCCS(=O)(=O)O)cc2)C(=O)Nc2cc(F)c(-c3ccc(F)cc3)cc2F)cc1. The first-order valence-electron chi connectivity index (χ1n) is 14.8. The van der Waals surface area contributed by atoms with Crippen LogP contribution in [0.1, 0.15) is 53.7 Å². The number of halogens is 3. The highest BCUT2D eigenvalue weighted by atomic mass is 32.2. The van der Waals surface area contributed by atoms with Crippen molar-refractivity contribution in [1.82, 2.24) is 5.32 Å². The molecule has 47 heavy (non-hydrogen) atoms. The van der Waals surface area contributed by atoms with Crippen LogP contribution in [0.3, 0.4) is 0 Å². The van der Waals surface area contributed by atoms with Crippen LogP contribution in [0.15, 0.2) is 91.0 Å². The van der Waals surface area contributed by atoms with Crippen molar-refractivity contribution in [3.63, 3.8) is 0 Å². The molecule has 7 nitrogen and oxygen atoms in total. The van der Waals surface area contributed by atoms with E-state index >= 15 is 8.78 Å². The Hall–Kier alpha value is -4.74. The molecule has 0 saturated carbocycles. The van der Waals surface area contributed by atoms with Gasteiger partial charge in [0.2, 0.25) is 5.91 Å². The van der Waals surface area contributed by atoms with E-state index in [-0.39, 0.29) is 40.8 Å². The van der Waals surface area contributed by atoms with Crippen molar-refractivity contribution in [2.24, 2.45) is 5.41 Å². The Morgan fingerprint density at radius 1 is 0.872 bits per heavy atom. The van der Waals surface area contributed by atoms with Crippen molar-refractivity contribution < 1.29 is 35.7 Å². The van der Waals surface area contributed by atoms with Crippen molar-refractivity contribution in [1.29, 1.82) is 0 Å². The molecule has 1 atom stereocenters. The van der Waals surface area contributed by atoms with Gasteiger partial charge in [0.05, 0.1) is 17.4 Å². The number of anilines is 1. The maximum atomic E-state index is 15.2.